The van der Waals surface area contributed by atoms with Crippen molar-refractivity contribution in [3.8, 4) is 5.75 Å². The molecule has 0 bridgehead atoms. The van der Waals surface area contributed by atoms with Gasteiger partial charge >= 0.3 is 0 Å². The standard InChI is InChI=1S/C16H16FO/c1-2-10-18-15-9-8-14(16(17)12-15)11-13-6-4-3-5-7-13/h3-4,6-9,12H,2,10-11H2,1H3. The number of halogens is 1. The van der Waals surface area contributed by atoms with Crippen molar-refractivity contribution < 1.29 is 9.13 Å². The fourth-order valence-electron chi connectivity index (χ4n) is 1.74. The highest BCUT2D eigenvalue weighted by Gasteiger charge is 2.05. The number of benzene rings is 2. The number of rotatable bonds is 5. The van der Waals surface area contributed by atoms with Gasteiger partial charge in [0.25, 0.3) is 0 Å². The van der Waals surface area contributed by atoms with Crippen LogP contribution in [0.3, 0.4) is 0 Å². The third-order valence-corrected chi connectivity index (χ3v) is 2.66. The predicted molar refractivity (Wildman–Crippen MR) is 70.3 cm³/mol. The van der Waals surface area contributed by atoms with Crippen molar-refractivity contribution in [3.05, 3.63) is 65.5 Å². The predicted octanol–water partition coefficient (Wildman–Crippen LogP) is 4.01. The van der Waals surface area contributed by atoms with E-state index < -0.39 is 0 Å². The Labute approximate surface area is 107 Å². The molecular weight excluding hydrogens is 227 g/mol. The van der Waals surface area contributed by atoms with Crippen LogP contribution >= 0.6 is 0 Å². The van der Waals surface area contributed by atoms with E-state index in [9.17, 15) is 4.39 Å². The van der Waals surface area contributed by atoms with Gasteiger partial charge in [-0.1, -0.05) is 37.3 Å². The summed E-state index contributed by atoms with van der Waals surface area (Å²) in [7, 11) is 0. The minimum absolute atomic E-state index is 0.215. The van der Waals surface area contributed by atoms with Crippen LogP contribution in [0.5, 0.6) is 5.75 Å². The van der Waals surface area contributed by atoms with Gasteiger partial charge in [-0.25, -0.2) is 4.39 Å². The largest absolute Gasteiger partial charge is 0.494 e. The van der Waals surface area contributed by atoms with Gasteiger partial charge in [0.05, 0.1) is 6.61 Å². The van der Waals surface area contributed by atoms with Crippen molar-refractivity contribution >= 4 is 0 Å². The molecule has 0 aromatic heterocycles. The van der Waals surface area contributed by atoms with Crippen LogP contribution in [0.4, 0.5) is 4.39 Å². The Morgan fingerprint density at radius 2 is 2.17 bits per heavy atom. The fourth-order valence-corrected chi connectivity index (χ4v) is 1.74. The summed E-state index contributed by atoms with van der Waals surface area (Å²) in [5, 5.41) is 0. The Kier molecular flexibility index (Phi) is 4.35. The maximum atomic E-state index is 13.9. The van der Waals surface area contributed by atoms with Crippen molar-refractivity contribution in [2.45, 2.75) is 19.8 Å². The van der Waals surface area contributed by atoms with Gasteiger partial charge < -0.3 is 4.74 Å². The monoisotopic (exact) mass is 243 g/mol. The average Bonchev–Trinajstić information content (AvgIpc) is 2.40. The van der Waals surface area contributed by atoms with Crippen LogP contribution in [-0.4, -0.2) is 6.61 Å². The van der Waals surface area contributed by atoms with Gasteiger partial charge in [0.2, 0.25) is 0 Å². The Morgan fingerprint density at radius 3 is 2.83 bits per heavy atom. The Hall–Kier alpha value is -1.83. The maximum absolute atomic E-state index is 13.9. The molecule has 0 heterocycles. The zero-order valence-electron chi connectivity index (χ0n) is 10.4. The molecule has 0 saturated heterocycles. The second-order valence-electron chi connectivity index (χ2n) is 4.19. The highest BCUT2D eigenvalue weighted by Crippen LogP contribution is 2.19. The van der Waals surface area contributed by atoms with Crippen LogP contribution < -0.4 is 4.74 Å². The summed E-state index contributed by atoms with van der Waals surface area (Å²) in [5.41, 5.74) is 1.73. The highest BCUT2D eigenvalue weighted by atomic mass is 19.1. The number of hydrogen-bond donors (Lipinski definition) is 0. The third-order valence-electron chi connectivity index (χ3n) is 2.66. The third kappa shape index (κ3) is 3.33. The van der Waals surface area contributed by atoms with Crippen molar-refractivity contribution in [2.75, 3.05) is 6.61 Å². The summed E-state index contributed by atoms with van der Waals surface area (Å²) in [6, 6.07) is 15.6. The van der Waals surface area contributed by atoms with E-state index in [4.69, 9.17) is 4.74 Å². The summed E-state index contributed by atoms with van der Waals surface area (Å²) in [6.07, 6.45) is 1.50. The van der Waals surface area contributed by atoms with E-state index in [1.165, 1.54) is 6.07 Å². The lowest BCUT2D eigenvalue weighted by atomic mass is 10.0. The van der Waals surface area contributed by atoms with Crippen LogP contribution in [-0.2, 0) is 6.42 Å². The van der Waals surface area contributed by atoms with Crippen molar-refractivity contribution in [2.24, 2.45) is 0 Å². The zero-order chi connectivity index (χ0) is 12.8. The van der Waals surface area contributed by atoms with Gasteiger partial charge in [-0.2, -0.15) is 0 Å². The van der Waals surface area contributed by atoms with Gasteiger partial charge in [-0.15, -0.1) is 0 Å². The van der Waals surface area contributed by atoms with E-state index in [1.54, 1.807) is 6.07 Å². The summed E-state index contributed by atoms with van der Waals surface area (Å²) in [5.74, 6) is 0.380. The second-order valence-corrected chi connectivity index (χ2v) is 4.19. The Bertz CT molecular complexity index is 494. The normalized spacial score (nSPS) is 10.3. The molecule has 0 aliphatic carbocycles. The van der Waals surface area contributed by atoms with Crippen LogP contribution in [0.1, 0.15) is 24.5 Å². The van der Waals surface area contributed by atoms with Gasteiger partial charge in [0.1, 0.15) is 11.6 Å². The van der Waals surface area contributed by atoms with Crippen molar-refractivity contribution in [1.82, 2.24) is 0 Å². The SMILES string of the molecule is CCCOc1ccc(Cc2c[c]ccc2)c(F)c1. The first-order valence-electron chi connectivity index (χ1n) is 6.16. The number of hydrogen-bond acceptors (Lipinski definition) is 1. The van der Waals surface area contributed by atoms with Crippen LogP contribution in [0, 0.1) is 11.9 Å². The first kappa shape index (κ1) is 12.6. The molecule has 93 valence electrons. The molecule has 2 heteroatoms. The van der Waals surface area contributed by atoms with Gasteiger partial charge in [-0.3, -0.25) is 0 Å². The summed E-state index contributed by atoms with van der Waals surface area (Å²) >= 11 is 0. The summed E-state index contributed by atoms with van der Waals surface area (Å²) in [6.45, 7) is 2.64. The molecule has 2 rings (SSSR count). The molecule has 18 heavy (non-hydrogen) atoms. The zero-order valence-corrected chi connectivity index (χ0v) is 10.4. The highest BCUT2D eigenvalue weighted by molar-refractivity contribution is 5.32. The van der Waals surface area contributed by atoms with Crippen molar-refractivity contribution in [3.63, 3.8) is 0 Å². The molecular formula is C16H16FO. The topological polar surface area (TPSA) is 9.23 Å². The Balaban J connectivity index is 2.10. The second kappa shape index (κ2) is 6.20. The first-order chi connectivity index (χ1) is 8.79. The first-order valence-corrected chi connectivity index (χ1v) is 6.16. The van der Waals surface area contributed by atoms with Gasteiger partial charge in [0.15, 0.2) is 0 Å². The molecule has 0 aliphatic rings. The van der Waals surface area contributed by atoms with Crippen LogP contribution in [0.2, 0.25) is 0 Å². The number of ether oxygens (including phenoxy) is 1. The van der Waals surface area contributed by atoms with Crippen molar-refractivity contribution in [1.29, 1.82) is 0 Å². The Morgan fingerprint density at radius 1 is 1.28 bits per heavy atom. The average molecular weight is 243 g/mol. The summed E-state index contributed by atoms with van der Waals surface area (Å²) < 4.78 is 19.3. The van der Waals surface area contributed by atoms with Gasteiger partial charge in [-0.05, 0) is 29.7 Å². The lowest BCUT2D eigenvalue weighted by Gasteiger charge is -2.07. The molecule has 2 aromatic rings. The molecule has 0 N–H and O–H groups in total. The smallest absolute Gasteiger partial charge is 0.130 e. The van der Waals surface area contributed by atoms with E-state index in [0.717, 1.165) is 12.0 Å². The van der Waals surface area contributed by atoms with E-state index in [1.807, 2.05) is 37.3 Å². The van der Waals surface area contributed by atoms with Gasteiger partial charge in [0, 0.05) is 12.5 Å². The van der Waals surface area contributed by atoms with Crippen LogP contribution in [0.25, 0.3) is 0 Å². The van der Waals surface area contributed by atoms with E-state index in [2.05, 4.69) is 6.07 Å². The molecule has 0 atom stereocenters. The lowest BCUT2D eigenvalue weighted by molar-refractivity contribution is 0.315. The molecule has 0 amide bonds. The molecule has 0 saturated carbocycles. The molecule has 2 aromatic carbocycles. The van der Waals surface area contributed by atoms with E-state index >= 15 is 0 Å². The van der Waals surface area contributed by atoms with E-state index in [0.29, 0.717) is 24.3 Å². The molecule has 0 fully saturated rings. The van der Waals surface area contributed by atoms with E-state index in [-0.39, 0.29) is 5.82 Å². The minimum atomic E-state index is -0.215. The summed E-state index contributed by atoms with van der Waals surface area (Å²) in [4.78, 5) is 0. The quantitative estimate of drug-likeness (QED) is 0.771. The molecule has 1 radical (unpaired) electrons. The molecule has 0 spiro atoms. The fraction of sp³-hybridized carbons (Fsp3) is 0.250. The molecule has 1 nitrogen and oxygen atoms in total. The molecule has 0 aliphatic heterocycles. The molecule has 0 unspecified atom stereocenters. The van der Waals surface area contributed by atoms with Crippen LogP contribution in [0.15, 0.2) is 42.5 Å². The maximum Gasteiger partial charge on any atom is 0.130 e. The lowest BCUT2D eigenvalue weighted by Crippen LogP contribution is -1.98. The minimum Gasteiger partial charge on any atom is -0.494 e.